The minimum absolute atomic E-state index is 0.114. The quantitative estimate of drug-likeness (QED) is 0.354. The molecule has 0 spiro atoms. The second-order valence-corrected chi connectivity index (χ2v) is 5.43. The van der Waals surface area contributed by atoms with E-state index in [0.29, 0.717) is 0 Å². The number of aliphatic hydroxyl groups is 2. The molecule has 0 aliphatic heterocycles. The van der Waals surface area contributed by atoms with Crippen LogP contribution >= 0.6 is 12.6 Å². The van der Waals surface area contributed by atoms with Gasteiger partial charge >= 0.3 is 0 Å². The predicted octanol–water partition coefficient (Wildman–Crippen LogP) is -1.30. The average Bonchev–Trinajstić information content (AvgIpc) is 2.36. The molecule has 0 aromatic carbocycles. The molecule has 0 rings (SSSR count). The van der Waals surface area contributed by atoms with Crippen molar-refractivity contribution in [1.82, 2.24) is 5.32 Å². The average molecular weight is 278 g/mol. The minimum Gasteiger partial charge on any atom is -0.396 e. The molecule has 5 N–H and O–H groups in total. The first-order valence-electron chi connectivity index (χ1n) is 5.73. The van der Waals surface area contributed by atoms with E-state index in [1.165, 1.54) is 0 Å². The summed E-state index contributed by atoms with van der Waals surface area (Å²) in [5.74, 6) is -0.762. The Hall–Kier alpha value is -0.630. The first-order valence-corrected chi connectivity index (χ1v) is 6.25. The van der Waals surface area contributed by atoms with Crippen molar-refractivity contribution >= 4 is 24.3 Å². The molecule has 0 radical (unpaired) electrons. The first-order chi connectivity index (χ1) is 8.26. The van der Waals surface area contributed by atoms with E-state index in [1.54, 1.807) is 13.8 Å². The van der Waals surface area contributed by atoms with Crippen LogP contribution in [0, 0.1) is 5.41 Å². The molecule has 106 valence electrons. The summed E-state index contributed by atoms with van der Waals surface area (Å²) in [7, 11) is 0. The second-order valence-electron chi connectivity index (χ2n) is 4.81. The highest BCUT2D eigenvalue weighted by Crippen LogP contribution is 2.19. The maximum absolute atomic E-state index is 11.5. The van der Waals surface area contributed by atoms with Gasteiger partial charge in [-0.25, -0.2) is 0 Å². The zero-order valence-electron chi connectivity index (χ0n) is 10.7. The van der Waals surface area contributed by atoms with Gasteiger partial charge in [-0.3, -0.25) is 9.59 Å². The van der Waals surface area contributed by atoms with Gasteiger partial charge in [-0.05, 0) is 0 Å². The smallest absolute Gasteiger partial charge is 0.249 e. The van der Waals surface area contributed by atoms with E-state index in [2.05, 4.69) is 17.9 Å². The number of nitrogens with two attached hydrogens (primary N) is 1. The van der Waals surface area contributed by atoms with Gasteiger partial charge in [0.15, 0.2) is 0 Å². The van der Waals surface area contributed by atoms with Crippen molar-refractivity contribution in [3.63, 3.8) is 0 Å². The predicted molar refractivity (Wildman–Crippen MR) is 71.3 cm³/mol. The summed E-state index contributed by atoms with van der Waals surface area (Å²) in [6.07, 6.45) is -1.21. The molecule has 0 aromatic rings. The molecule has 0 heterocycles. The maximum Gasteiger partial charge on any atom is 0.249 e. The molecule has 0 aliphatic rings. The molecule has 2 atom stereocenters. The highest BCUT2D eigenvalue weighted by Gasteiger charge is 2.32. The Labute approximate surface area is 112 Å². The largest absolute Gasteiger partial charge is 0.396 e. The van der Waals surface area contributed by atoms with Crippen molar-refractivity contribution in [3.8, 4) is 0 Å². The molecule has 0 bridgehead atoms. The zero-order chi connectivity index (χ0) is 14.3. The van der Waals surface area contributed by atoms with E-state index in [1.807, 2.05) is 0 Å². The van der Waals surface area contributed by atoms with Gasteiger partial charge in [0.05, 0.1) is 11.9 Å². The Balaban J connectivity index is 4.09. The van der Waals surface area contributed by atoms with Crippen LogP contribution in [-0.4, -0.2) is 53.0 Å². The van der Waals surface area contributed by atoms with Gasteiger partial charge in [0.25, 0.3) is 0 Å². The van der Waals surface area contributed by atoms with Crippen molar-refractivity contribution in [2.75, 3.05) is 19.7 Å². The third-order valence-electron chi connectivity index (χ3n) is 2.66. The molecular formula is C11H22N2O4S. The number of hydrogen-bond donors (Lipinski definition) is 5. The highest BCUT2D eigenvalue weighted by atomic mass is 32.1. The van der Waals surface area contributed by atoms with Gasteiger partial charge in [0.1, 0.15) is 11.9 Å². The van der Waals surface area contributed by atoms with Gasteiger partial charge < -0.3 is 21.3 Å². The zero-order valence-corrected chi connectivity index (χ0v) is 11.6. The van der Waals surface area contributed by atoms with E-state index in [0.717, 1.165) is 0 Å². The summed E-state index contributed by atoms with van der Waals surface area (Å²) in [6.45, 7) is 3.09. The monoisotopic (exact) mass is 278 g/mol. The fourth-order valence-electron chi connectivity index (χ4n) is 1.14. The topological polar surface area (TPSA) is 113 Å². The van der Waals surface area contributed by atoms with E-state index >= 15 is 0 Å². The standard InChI is InChI=1S/C11H22N2O4S/c1-11(2,6-14)9(16)10(17)13-4-3-7(15)8(18)5-12/h8-9,14,16,18H,3-6,12H2,1-2H3,(H,13,17). The number of nitrogens with one attached hydrogen (secondary N) is 1. The summed E-state index contributed by atoms with van der Waals surface area (Å²) in [4.78, 5) is 22.9. The normalized spacial score (nSPS) is 15.0. The number of thiol groups is 1. The lowest BCUT2D eigenvalue weighted by atomic mass is 9.87. The summed E-state index contributed by atoms with van der Waals surface area (Å²) in [5, 5.41) is 20.6. The van der Waals surface area contributed by atoms with Crippen LogP contribution in [0.2, 0.25) is 0 Å². The second kappa shape index (κ2) is 7.73. The van der Waals surface area contributed by atoms with Crippen LogP contribution in [-0.2, 0) is 9.59 Å². The number of hydrogen-bond acceptors (Lipinski definition) is 6. The first kappa shape index (κ1) is 17.4. The van der Waals surface area contributed by atoms with Crippen LogP contribution in [0.4, 0.5) is 0 Å². The van der Waals surface area contributed by atoms with Crippen molar-refractivity contribution in [1.29, 1.82) is 0 Å². The van der Waals surface area contributed by atoms with E-state index in [-0.39, 0.29) is 31.9 Å². The third kappa shape index (κ3) is 5.34. The Morgan fingerprint density at radius 1 is 1.44 bits per heavy atom. The van der Waals surface area contributed by atoms with Crippen molar-refractivity contribution in [2.45, 2.75) is 31.6 Å². The summed E-state index contributed by atoms with van der Waals surface area (Å²) < 4.78 is 0. The number of ketones is 1. The van der Waals surface area contributed by atoms with Crippen LogP contribution in [0.25, 0.3) is 0 Å². The van der Waals surface area contributed by atoms with Crippen LogP contribution in [0.5, 0.6) is 0 Å². The Bertz CT molecular complexity index is 297. The molecule has 1 amide bonds. The lowest BCUT2D eigenvalue weighted by Gasteiger charge is -2.27. The number of rotatable bonds is 8. The number of amides is 1. The number of Topliss-reactive ketones (excluding diaryl/α,β-unsaturated/α-hetero) is 1. The molecule has 7 heteroatoms. The summed E-state index contributed by atoms with van der Waals surface area (Å²) in [5.41, 5.74) is 4.36. The van der Waals surface area contributed by atoms with E-state index in [9.17, 15) is 14.7 Å². The molecular weight excluding hydrogens is 256 g/mol. The summed E-state index contributed by atoms with van der Waals surface area (Å²) >= 11 is 3.98. The van der Waals surface area contributed by atoms with E-state index in [4.69, 9.17) is 10.8 Å². The van der Waals surface area contributed by atoms with Crippen LogP contribution < -0.4 is 11.1 Å². The molecule has 0 saturated heterocycles. The molecule has 18 heavy (non-hydrogen) atoms. The number of aliphatic hydroxyl groups excluding tert-OH is 2. The highest BCUT2D eigenvalue weighted by molar-refractivity contribution is 7.81. The third-order valence-corrected chi connectivity index (χ3v) is 3.16. The van der Waals surface area contributed by atoms with Crippen LogP contribution in [0.15, 0.2) is 0 Å². The molecule has 0 aliphatic carbocycles. The van der Waals surface area contributed by atoms with Gasteiger partial charge in [0.2, 0.25) is 5.91 Å². The van der Waals surface area contributed by atoms with Crippen molar-refractivity contribution in [2.24, 2.45) is 11.1 Å². The van der Waals surface area contributed by atoms with Crippen LogP contribution in [0.3, 0.4) is 0 Å². The lowest BCUT2D eigenvalue weighted by molar-refractivity contribution is -0.137. The van der Waals surface area contributed by atoms with Crippen LogP contribution in [0.1, 0.15) is 20.3 Å². The molecule has 0 aromatic heterocycles. The van der Waals surface area contributed by atoms with Gasteiger partial charge in [-0.1, -0.05) is 13.8 Å². The van der Waals surface area contributed by atoms with Gasteiger partial charge in [-0.15, -0.1) is 0 Å². The Morgan fingerprint density at radius 2 is 2.00 bits per heavy atom. The van der Waals surface area contributed by atoms with Crippen molar-refractivity contribution in [3.05, 3.63) is 0 Å². The Morgan fingerprint density at radius 3 is 2.44 bits per heavy atom. The fraction of sp³-hybridized carbons (Fsp3) is 0.818. The van der Waals surface area contributed by atoms with Gasteiger partial charge in [0, 0.05) is 24.9 Å². The number of carbonyl (C=O) groups excluding carboxylic acids is 2. The molecule has 0 saturated carbocycles. The number of carbonyl (C=O) groups is 2. The SMILES string of the molecule is CC(C)(CO)C(O)C(=O)NCCC(=O)C(S)CN. The fourth-order valence-corrected chi connectivity index (χ4v) is 1.27. The minimum atomic E-state index is -1.32. The van der Waals surface area contributed by atoms with Gasteiger partial charge in [-0.2, -0.15) is 12.6 Å². The molecule has 2 unspecified atom stereocenters. The summed E-state index contributed by atoms with van der Waals surface area (Å²) in [6, 6.07) is 0. The maximum atomic E-state index is 11.5. The van der Waals surface area contributed by atoms with E-state index < -0.39 is 22.7 Å². The lowest BCUT2D eigenvalue weighted by Crippen LogP contribution is -2.46. The van der Waals surface area contributed by atoms with Crippen molar-refractivity contribution < 1.29 is 19.8 Å². The Kier molecular flexibility index (Phi) is 7.46. The molecule has 0 fully saturated rings. The molecule has 6 nitrogen and oxygen atoms in total.